The number of benzene rings is 1. The maximum absolute atomic E-state index is 10.4. The number of aldehydes is 1. The van der Waals surface area contributed by atoms with Gasteiger partial charge in [0.25, 0.3) is 0 Å². The molecule has 0 fully saturated rings. The minimum Gasteiger partial charge on any atom is -0.351 e. The molecule has 0 radical (unpaired) electrons. The maximum atomic E-state index is 10.4. The van der Waals surface area contributed by atoms with E-state index in [1.807, 2.05) is 24.3 Å². The van der Waals surface area contributed by atoms with Gasteiger partial charge in [-0.3, -0.25) is 4.79 Å². The van der Waals surface area contributed by atoms with E-state index >= 15 is 0 Å². The number of rotatable bonds is 1. The first kappa shape index (κ1) is 7.43. The van der Waals surface area contributed by atoms with Gasteiger partial charge in [0.1, 0.15) is 0 Å². The molecule has 0 saturated carbocycles. The molecule has 1 aromatic heterocycles. The Hall–Kier alpha value is -1.22. The van der Waals surface area contributed by atoms with Crippen molar-refractivity contribution < 1.29 is 4.79 Å². The molecule has 1 aromatic carbocycles. The number of hydrogen-bond acceptors (Lipinski definition) is 2. The second-order valence-electron chi connectivity index (χ2n) is 2.58. The molecule has 1 heterocycles. The molecule has 60 valence electrons. The standard InChI is InChI=1S/C9H7NOS/c11-5-7-4-6-2-1-3-8(12)9(6)10-7/h1-5,10,12H. The summed E-state index contributed by atoms with van der Waals surface area (Å²) in [6, 6.07) is 7.55. The number of thiol groups is 1. The van der Waals surface area contributed by atoms with Crippen molar-refractivity contribution >= 4 is 29.8 Å². The minimum absolute atomic E-state index is 0.589. The minimum atomic E-state index is 0.589. The third-order valence-electron chi connectivity index (χ3n) is 1.78. The lowest BCUT2D eigenvalue weighted by Crippen LogP contribution is -1.75. The Morgan fingerprint density at radius 2 is 2.25 bits per heavy atom. The predicted molar refractivity (Wildman–Crippen MR) is 50.9 cm³/mol. The average Bonchev–Trinajstić information content (AvgIpc) is 2.49. The zero-order valence-electron chi connectivity index (χ0n) is 6.24. The van der Waals surface area contributed by atoms with Crippen LogP contribution >= 0.6 is 12.6 Å². The van der Waals surface area contributed by atoms with Crippen LogP contribution in [-0.4, -0.2) is 11.3 Å². The molecule has 0 amide bonds. The van der Waals surface area contributed by atoms with Gasteiger partial charge in [0.2, 0.25) is 0 Å². The first-order chi connectivity index (χ1) is 5.81. The predicted octanol–water partition coefficient (Wildman–Crippen LogP) is 2.27. The zero-order valence-corrected chi connectivity index (χ0v) is 7.14. The van der Waals surface area contributed by atoms with Gasteiger partial charge >= 0.3 is 0 Å². The number of hydrogen-bond donors (Lipinski definition) is 2. The van der Waals surface area contributed by atoms with Crippen molar-refractivity contribution in [3.05, 3.63) is 30.0 Å². The molecule has 3 heteroatoms. The van der Waals surface area contributed by atoms with Crippen molar-refractivity contribution in [1.29, 1.82) is 0 Å². The summed E-state index contributed by atoms with van der Waals surface area (Å²) in [5.74, 6) is 0. The highest BCUT2D eigenvalue weighted by Crippen LogP contribution is 2.21. The quantitative estimate of drug-likeness (QED) is 0.508. The van der Waals surface area contributed by atoms with Crippen LogP contribution in [0.4, 0.5) is 0 Å². The SMILES string of the molecule is O=Cc1cc2cccc(S)c2[nH]1. The van der Waals surface area contributed by atoms with Crippen LogP contribution in [0.25, 0.3) is 10.9 Å². The van der Waals surface area contributed by atoms with Crippen LogP contribution in [0.5, 0.6) is 0 Å². The van der Waals surface area contributed by atoms with Crippen molar-refractivity contribution in [1.82, 2.24) is 4.98 Å². The summed E-state index contributed by atoms with van der Waals surface area (Å²) in [6.07, 6.45) is 0.799. The van der Waals surface area contributed by atoms with E-state index in [4.69, 9.17) is 0 Å². The number of nitrogens with one attached hydrogen (secondary N) is 1. The highest BCUT2D eigenvalue weighted by Gasteiger charge is 2.00. The van der Waals surface area contributed by atoms with E-state index in [0.29, 0.717) is 5.69 Å². The molecule has 0 saturated heterocycles. The third kappa shape index (κ3) is 1.02. The molecule has 0 aliphatic rings. The van der Waals surface area contributed by atoms with Gasteiger partial charge in [-0.05, 0) is 12.1 Å². The molecule has 0 atom stereocenters. The van der Waals surface area contributed by atoms with Gasteiger partial charge < -0.3 is 4.98 Å². The molecule has 0 aliphatic carbocycles. The summed E-state index contributed by atoms with van der Waals surface area (Å²) in [7, 11) is 0. The summed E-state index contributed by atoms with van der Waals surface area (Å²) >= 11 is 4.26. The highest BCUT2D eigenvalue weighted by molar-refractivity contribution is 7.80. The van der Waals surface area contributed by atoms with E-state index in [-0.39, 0.29) is 0 Å². The fourth-order valence-electron chi connectivity index (χ4n) is 1.23. The lowest BCUT2D eigenvalue weighted by molar-refractivity contribution is 0.112. The molecule has 2 aromatic rings. The Balaban J connectivity index is 2.82. The van der Waals surface area contributed by atoms with Crippen molar-refractivity contribution in [2.45, 2.75) is 4.90 Å². The lowest BCUT2D eigenvalue weighted by Gasteiger charge is -1.91. The summed E-state index contributed by atoms with van der Waals surface area (Å²) in [5.41, 5.74) is 1.51. The zero-order chi connectivity index (χ0) is 8.55. The Bertz CT molecular complexity index is 433. The molecule has 1 N–H and O–H groups in total. The van der Waals surface area contributed by atoms with E-state index in [0.717, 1.165) is 22.1 Å². The Labute approximate surface area is 75.0 Å². The average molecular weight is 177 g/mol. The molecule has 0 unspecified atom stereocenters. The Morgan fingerprint density at radius 1 is 1.42 bits per heavy atom. The molecule has 0 spiro atoms. The fraction of sp³-hybridized carbons (Fsp3) is 0. The molecular weight excluding hydrogens is 170 g/mol. The summed E-state index contributed by atoms with van der Waals surface area (Å²) in [4.78, 5) is 14.3. The molecule has 0 bridgehead atoms. The van der Waals surface area contributed by atoms with Crippen molar-refractivity contribution in [3.8, 4) is 0 Å². The largest absolute Gasteiger partial charge is 0.351 e. The smallest absolute Gasteiger partial charge is 0.166 e. The van der Waals surface area contributed by atoms with Gasteiger partial charge in [0.15, 0.2) is 6.29 Å². The molecule has 2 nitrogen and oxygen atoms in total. The maximum Gasteiger partial charge on any atom is 0.166 e. The van der Waals surface area contributed by atoms with Crippen LogP contribution in [0.2, 0.25) is 0 Å². The lowest BCUT2D eigenvalue weighted by atomic mass is 10.2. The van der Waals surface area contributed by atoms with E-state index < -0.39 is 0 Å². The van der Waals surface area contributed by atoms with E-state index in [9.17, 15) is 4.79 Å². The van der Waals surface area contributed by atoms with Crippen molar-refractivity contribution in [3.63, 3.8) is 0 Å². The Kier molecular flexibility index (Phi) is 1.66. The summed E-state index contributed by atoms with van der Waals surface area (Å²) < 4.78 is 0. The number of para-hydroxylation sites is 1. The van der Waals surface area contributed by atoms with Crippen LogP contribution in [0.1, 0.15) is 10.5 Å². The monoisotopic (exact) mass is 177 g/mol. The fourth-order valence-corrected chi connectivity index (χ4v) is 1.50. The second kappa shape index (κ2) is 2.68. The van der Waals surface area contributed by atoms with Crippen LogP contribution in [0, 0.1) is 0 Å². The van der Waals surface area contributed by atoms with Gasteiger partial charge in [-0.2, -0.15) is 0 Å². The van der Waals surface area contributed by atoms with Gasteiger partial charge in [-0.15, -0.1) is 12.6 Å². The molecule has 2 rings (SSSR count). The highest BCUT2D eigenvalue weighted by atomic mass is 32.1. The van der Waals surface area contributed by atoms with Crippen LogP contribution in [0.15, 0.2) is 29.2 Å². The normalized spacial score (nSPS) is 10.4. The number of carbonyl (C=O) groups is 1. The van der Waals surface area contributed by atoms with Crippen LogP contribution in [-0.2, 0) is 0 Å². The second-order valence-corrected chi connectivity index (χ2v) is 3.07. The first-order valence-electron chi connectivity index (χ1n) is 3.57. The number of aromatic nitrogens is 1. The van der Waals surface area contributed by atoms with Crippen molar-refractivity contribution in [2.24, 2.45) is 0 Å². The molecule has 0 aliphatic heterocycles. The van der Waals surface area contributed by atoms with E-state index in [1.165, 1.54) is 0 Å². The van der Waals surface area contributed by atoms with Crippen molar-refractivity contribution in [2.75, 3.05) is 0 Å². The summed E-state index contributed by atoms with van der Waals surface area (Å²) in [5, 5.41) is 1.02. The summed E-state index contributed by atoms with van der Waals surface area (Å²) in [6.45, 7) is 0. The van der Waals surface area contributed by atoms with Crippen LogP contribution < -0.4 is 0 Å². The number of fused-ring (bicyclic) bond motifs is 1. The number of aromatic amines is 1. The molecule has 12 heavy (non-hydrogen) atoms. The topological polar surface area (TPSA) is 32.9 Å². The van der Waals surface area contributed by atoms with Gasteiger partial charge in [-0.25, -0.2) is 0 Å². The first-order valence-corrected chi connectivity index (χ1v) is 4.02. The molecular formula is C9H7NOS. The van der Waals surface area contributed by atoms with E-state index in [2.05, 4.69) is 17.6 Å². The number of H-pyrrole nitrogens is 1. The van der Waals surface area contributed by atoms with E-state index in [1.54, 1.807) is 0 Å². The van der Waals surface area contributed by atoms with Gasteiger partial charge in [0, 0.05) is 10.3 Å². The number of carbonyl (C=O) groups excluding carboxylic acids is 1. The third-order valence-corrected chi connectivity index (χ3v) is 2.15. The van der Waals surface area contributed by atoms with Crippen LogP contribution in [0.3, 0.4) is 0 Å². The Morgan fingerprint density at radius 3 is 2.92 bits per heavy atom. The van der Waals surface area contributed by atoms with Gasteiger partial charge in [-0.1, -0.05) is 12.1 Å². The van der Waals surface area contributed by atoms with Gasteiger partial charge in [0.05, 0.1) is 11.2 Å².